The van der Waals surface area contributed by atoms with Crippen molar-refractivity contribution < 1.29 is 32.6 Å². The lowest BCUT2D eigenvalue weighted by atomic mass is 10.2. The molecular formula is C10H17F3O4. The fourth-order valence-corrected chi connectivity index (χ4v) is 0.752. The van der Waals surface area contributed by atoms with Gasteiger partial charge in [-0.3, -0.25) is 4.79 Å². The predicted molar refractivity (Wildman–Crippen MR) is 54.5 cm³/mol. The summed E-state index contributed by atoms with van der Waals surface area (Å²) < 4.78 is 36.5. The summed E-state index contributed by atoms with van der Waals surface area (Å²) in [5.74, 6) is -2.82. The number of hydrogen-bond donors (Lipinski definition) is 1. The van der Waals surface area contributed by atoms with Gasteiger partial charge in [-0.05, 0) is 13.3 Å². The number of carboxylic acid groups (broad SMARTS) is 1. The first-order valence-electron chi connectivity index (χ1n) is 5.21. The predicted octanol–water partition coefficient (Wildman–Crippen LogP) is 2.76. The molecule has 17 heavy (non-hydrogen) atoms. The van der Waals surface area contributed by atoms with Gasteiger partial charge in [0.15, 0.2) is 0 Å². The number of hydrogen-bond acceptors (Lipinski definition) is 3. The number of ether oxygens (including phenoxy) is 1. The number of alkyl halides is 3. The van der Waals surface area contributed by atoms with E-state index in [1.165, 1.54) is 0 Å². The number of aliphatic carboxylic acids is 1. The normalized spacial score (nSPS) is 10.2. The fraction of sp³-hybridized carbons (Fsp3) is 0.800. The second-order valence-electron chi connectivity index (χ2n) is 3.07. The first-order valence-corrected chi connectivity index (χ1v) is 5.21. The SMILES string of the molecule is CCCCCC(=O)OCC.O=C(O)C(F)(F)F. The average Bonchev–Trinajstić information content (AvgIpc) is 2.18. The molecule has 0 saturated carbocycles. The fourth-order valence-electron chi connectivity index (χ4n) is 0.752. The maximum Gasteiger partial charge on any atom is 0.490 e. The summed E-state index contributed by atoms with van der Waals surface area (Å²) in [6.07, 6.45) is -1.25. The second-order valence-corrected chi connectivity index (χ2v) is 3.07. The van der Waals surface area contributed by atoms with Crippen molar-refractivity contribution in [2.45, 2.75) is 45.7 Å². The molecule has 1 N–H and O–H groups in total. The van der Waals surface area contributed by atoms with Gasteiger partial charge in [0.2, 0.25) is 0 Å². The van der Waals surface area contributed by atoms with Gasteiger partial charge in [-0.2, -0.15) is 13.2 Å². The van der Waals surface area contributed by atoms with E-state index in [0.29, 0.717) is 13.0 Å². The van der Waals surface area contributed by atoms with E-state index >= 15 is 0 Å². The molecule has 0 aliphatic carbocycles. The molecule has 0 spiro atoms. The molecule has 0 unspecified atom stereocenters. The van der Waals surface area contributed by atoms with Gasteiger partial charge in [-0.1, -0.05) is 19.8 Å². The molecule has 0 saturated heterocycles. The molecule has 0 amide bonds. The van der Waals surface area contributed by atoms with Crippen LogP contribution in [0.25, 0.3) is 0 Å². The van der Waals surface area contributed by atoms with Gasteiger partial charge in [0.05, 0.1) is 6.61 Å². The minimum atomic E-state index is -5.08. The van der Waals surface area contributed by atoms with Crippen LogP contribution >= 0.6 is 0 Å². The van der Waals surface area contributed by atoms with Crippen LogP contribution in [-0.2, 0) is 14.3 Å². The summed E-state index contributed by atoms with van der Waals surface area (Å²) in [6, 6.07) is 0. The lowest BCUT2D eigenvalue weighted by molar-refractivity contribution is -0.192. The van der Waals surface area contributed by atoms with E-state index in [0.717, 1.165) is 19.3 Å². The van der Waals surface area contributed by atoms with E-state index in [9.17, 15) is 18.0 Å². The van der Waals surface area contributed by atoms with Crippen molar-refractivity contribution in [2.24, 2.45) is 0 Å². The summed E-state index contributed by atoms with van der Waals surface area (Å²) in [6.45, 7) is 4.45. The molecule has 0 fully saturated rings. The largest absolute Gasteiger partial charge is 0.490 e. The second kappa shape index (κ2) is 9.92. The van der Waals surface area contributed by atoms with Crippen LogP contribution in [-0.4, -0.2) is 29.8 Å². The Kier molecular flexibility index (Phi) is 10.6. The smallest absolute Gasteiger partial charge is 0.475 e. The minimum Gasteiger partial charge on any atom is -0.475 e. The van der Waals surface area contributed by atoms with Crippen LogP contribution in [0, 0.1) is 0 Å². The molecule has 0 rings (SSSR count). The van der Waals surface area contributed by atoms with Crippen LogP contribution in [0.2, 0.25) is 0 Å². The van der Waals surface area contributed by atoms with E-state index in [1.54, 1.807) is 0 Å². The maximum absolute atomic E-state index is 10.7. The van der Waals surface area contributed by atoms with Crippen LogP contribution in [0.5, 0.6) is 0 Å². The Labute approximate surface area is 97.8 Å². The quantitative estimate of drug-likeness (QED) is 0.608. The summed E-state index contributed by atoms with van der Waals surface area (Å²) in [4.78, 5) is 19.6. The van der Waals surface area contributed by atoms with E-state index in [4.69, 9.17) is 14.6 Å². The van der Waals surface area contributed by atoms with E-state index in [2.05, 4.69) is 6.92 Å². The van der Waals surface area contributed by atoms with E-state index in [1.807, 2.05) is 6.92 Å². The van der Waals surface area contributed by atoms with Crippen molar-refractivity contribution in [3.8, 4) is 0 Å². The zero-order chi connectivity index (χ0) is 13.9. The molecule has 0 atom stereocenters. The first-order chi connectivity index (χ1) is 7.75. The van der Waals surface area contributed by atoms with Crippen molar-refractivity contribution >= 4 is 11.9 Å². The topological polar surface area (TPSA) is 63.6 Å². The van der Waals surface area contributed by atoms with Crippen LogP contribution in [0.15, 0.2) is 0 Å². The first kappa shape index (κ1) is 18.1. The van der Waals surface area contributed by atoms with Crippen molar-refractivity contribution in [1.82, 2.24) is 0 Å². The minimum absolute atomic E-state index is 0.0593. The van der Waals surface area contributed by atoms with Gasteiger partial charge < -0.3 is 9.84 Å². The summed E-state index contributed by atoms with van der Waals surface area (Å²) in [5.41, 5.74) is 0. The number of carbonyl (C=O) groups is 2. The number of esters is 1. The number of halogens is 3. The van der Waals surface area contributed by atoms with Crippen molar-refractivity contribution in [3.63, 3.8) is 0 Å². The highest BCUT2D eigenvalue weighted by Gasteiger charge is 2.38. The third kappa shape index (κ3) is 14.7. The molecule has 0 aromatic carbocycles. The molecule has 102 valence electrons. The maximum atomic E-state index is 10.7. The molecule has 0 heterocycles. The van der Waals surface area contributed by atoms with Crippen molar-refractivity contribution in [3.05, 3.63) is 0 Å². The highest BCUT2D eigenvalue weighted by Crippen LogP contribution is 2.13. The van der Waals surface area contributed by atoms with Crippen LogP contribution in [0.4, 0.5) is 13.2 Å². The van der Waals surface area contributed by atoms with Gasteiger partial charge in [-0.25, -0.2) is 4.79 Å². The highest BCUT2D eigenvalue weighted by atomic mass is 19.4. The lowest BCUT2D eigenvalue weighted by Gasteiger charge is -1.99. The van der Waals surface area contributed by atoms with E-state index in [-0.39, 0.29) is 5.97 Å². The number of rotatable bonds is 5. The van der Waals surface area contributed by atoms with Gasteiger partial charge in [0.1, 0.15) is 0 Å². The number of unbranched alkanes of at least 4 members (excludes halogenated alkanes) is 2. The Morgan fingerprint density at radius 3 is 1.94 bits per heavy atom. The van der Waals surface area contributed by atoms with Crippen molar-refractivity contribution in [1.29, 1.82) is 0 Å². The standard InChI is InChI=1S/C8H16O2.C2HF3O2/c1-3-5-6-7-8(9)10-4-2;3-2(4,5)1(6)7/h3-7H2,1-2H3;(H,6,7). The molecule has 0 bridgehead atoms. The zero-order valence-electron chi connectivity index (χ0n) is 9.84. The average molecular weight is 258 g/mol. The van der Waals surface area contributed by atoms with Gasteiger partial charge in [0, 0.05) is 6.42 Å². The summed E-state index contributed by atoms with van der Waals surface area (Å²) in [5, 5.41) is 7.12. The Balaban J connectivity index is 0. The molecule has 0 radical (unpaired) electrons. The number of carboxylic acids is 1. The molecule has 4 nitrogen and oxygen atoms in total. The van der Waals surface area contributed by atoms with Crippen LogP contribution in [0.1, 0.15) is 39.5 Å². The summed E-state index contributed by atoms with van der Waals surface area (Å²) >= 11 is 0. The molecular weight excluding hydrogens is 241 g/mol. The zero-order valence-corrected chi connectivity index (χ0v) is 9.84. The monoisotopic (exact) mass is 258 g/mol. The van der Waals surface area contributed by atoms with Crippen LogP contribution < -0.4 is 0 Å². The third-order valence-electron chi connectivity index (χ3n) is 1.53. The highest BCUT2D eigenvalue weighted by molar-refractivity contribution is 5.73. The molecule has 0 aliphatic heterocycles. The van der Waals surface area contributed by atoms with Gasteiger partial charge >= 0.3 is 18.1 Å². The van der Waals surface area contributed by atoms with Crippen molar-refractivity contribution in [2.75, 3.05) is 6.61 Å². The summed E-state index contributed by atoms with van der Waals surface area (Å²) in [7, 11) is 0. The van der Waals surface area contributed by atoms with Gasteiger partial charge in [0.25, 0.3) is 0 Å². The molecule has 0 aromatic rings. The van der Waals surface area contributed by atoms with Gasteiger partial charge in [-0.15, -0.1) is 0 Å². The molecule has 7 heteroatoms. The van der Waals surface area contributed by atoms with Crippen LogP contribution in [0.3, 0.4) is 0 Å². The Hall–Kier alpha value is -1.27. The Bertz CT molecular complexity index is 226. The number of carbonyl (C=O) groups excluding carboxylic acids is 1. The molecule has 0 aliphatic rings. The Morgan fingerprint density at radius 2 is 1.65 bits per heavy atom. The molecule has 0 aromatic heterocycles. The lowest BCUT2D eigenvalue weighted by Crippen LogP contribution is -2.21. The third-order valence-corrected chi connectivity index (χ3v) is 1.53. The Morgan fingerprint density at radius 1 is 1.18 bits per heavy atom. The van der Waals surface area contributed by atoms with E-state index < -0.39 is 12.1 Å².